The molecule has 0 aromatic heterocycles. The van der Waals surface area contributed by atoms with Gasteiger partial charge in [-0.1, -0.05) is 18.5 Å². The molecule has 2 fully saturated rings. The molecule has 2 aliphatic heterocycles. The molecule has 0 amide bonds. The third-order valence-electron chi connectivity index (χ3n) is 4.20. The van der Waals surface area contributed by atoms with Gasteiger partial charge in [-0.25, -0.2) is 10.4 Å². The number of aliphatic imine (C=N–C) groups is 1. The van der Waals surface area contributed by atoms with Crippen LogP contribution in [0.25, 0.3) is 0 Å². The molecule has 5 unspecified atom stereocenters. The van der Waals surface area contributed by atoms with Gasteiger partial charge in [0.15, 0.2) is 16.5 Å². The lowest BCUT2D eigenvalue weighted by molar-refractivity contribution is -0.165. The van der Waals surface area contributed by atoms with Gasteiger partial charge < -0.3 is 20.3 Å². The number of aliphatic hydroxyl groups is 1. The summed E-state index contributed by atoms with van der Waals surface area (Å²) in [6.45, 7) is 5.84. The fraction of sp³-hybridized carbons (Fsp3) is 0.800. The molecule has 3 aliphatic rings. The summed E-state index contributed by atoms with van der Waals surface area (Å²) in [5.74, 6) is 0.265. The normalized spacial score (nSPS) is 38.0. The topological polar surface area (TPSA) is 92.3 Å². The highest BCUT2D eigenvalue weighted by atomic mass is 35.5. The minimum atomic E-state index is -0.689. The van der Waals surface area contributed by atoms with Gasteiger partial charge in [0.05, 0.1) is 17.8 Å². The molecule has 2 heterocycles. The van der Waals surface area contributed by atoms with Crippen molar-refractivity contribution >= 4 is 28.5 Å². The zero-order chi connectivity index (χ0) is 17.5. The van der Waals surface area contributed by atoms with Crippen LogP contribution in [0.3, 0.4) is 0 Å². The first-order valence-electron chi connectivity index (χ1n) is 8.21. The number of ether oxygens (including phenoxy) is 2. The van der Waals surface area contributed by atoms with E-state index in [2.05, 4.69) is 17.3 Å². The van der Waals surface area contributed by atoms with E-state index >= 15 is 0 Å². The van der Waals surface area contributed by atoms with Crippen LogP contribution < -0.4 is 11.2 Å². The lowest BCUT2D eigenvalue weighted by Crippen LogP contribution is -2.51. The number of nitrogens with one attached hydrogen (secondary N) is 1. The van der Waals surface area contributed by atoms with Crippen molar-refractivity contribution in [3.63, 3.8) is 0 Å². The average molecular weight is 377 g/mol. The van der Waals surface area contributed by atoms with Crippen LogP contribution in [-0.2, 0) is 9.47 Å². The minimum Gasteiger partial charge on any atom is -0.395 e. The van der Waals surface area contributed by atoms with Gasteiger partial charge in [0, 0.05) is 6.20 Å². The van der Waals surface area contributed by atoms with E-state index in [9.17, 15) is 5.11 Å². The number of nitrogens with two attached hydrogens (primary N) is 1. The number of hydrogen-bond donors (Lipinski definition) is 3. The monoisotopic (exact) mass is 376 g/mol. The van der Waals surface area contributed by atoms with Crippen molar-refractivity contribution in [2.24, 2.45) is 10.7 Å². The molecule has 0 bridgehead atoms. The number of allylic oxidation sites excluding steroid dienone is 1. The largest absolute Gasteiger partial charge is 0.395 e. The summed E-state index contributed by atoms with van der Waals surface area (Å²) in [5, 5.41) is 12.5. The van der Waals surface area contributed by atoms with Gasteiger partial charge >= 0.3 is 0 Å². The van der Waals surface area contributed by atoms with Crippen molar-refractivity contribution in [2.75, 3.05) is 5.75 Å². The Morgan fingerprint density at radius 3 is 2.92 bits per heavy atom. The molecule has 1 saturated carbocycles. The van der Waals surface area contributed by atoms with Gasteiger partial charge in [-0.3, -0.25) is 5.01 Å². The fourth-order valence-corrected chi connectivity index (χ4v) is 4.32. The first kappa shape index (κ1) is 18.3. The van der Waals surface area contributed by atoms with Crippen LogP contribution in [-0.4, -0.2) is 56.7 Å². The third kappa shape index (κ3) is 3.68. The summed E-state index contributed by atoms with van der Waals surface area (Å²) in [5.41, 5.74) is 9.52. The standard InChI is InChI=1S/C15H25ClN4O3S/c1-4-5-24-14-18-13(16)8(17)7-20(14)19-9-6-10(21)12-11(9)22-15(2,3)23-12/h7,9-12,14,19,21H,4-6,17H2,1-3H3. The average Bonchev–Trinajstić information content (AvgIpc) is 2.96. The second kappa shape index (κ2) is 7.01. The molecular formula is C15H25ClN4O3S. The number of aliphatic hydroxyl groups excluding tert-OH is 1. The molecule has 0 radical (unpaired) electrons. The van der Waals surface area contributed by atoms with Crippen LogP contribution in [0.4, 0.5) is 0 Å². The van der Waals surface area contributed by atoms with E-state index in [1.807, 2.05) is 18.9 Å². The van der Waals surface area contributed by atoms with E-state index in [0.717, 1.165) is 12.2 Å². The minimum absolute atomic E-state index is 0.0902. The van der Waals surface area contributed by atoms with Crippen LogP contribution in [0.1, 0.15) is 33.6 Å². The van der Waals surface area contributed by atoms with Gasteiger partial charge in [-0.15, -0.1) is 11.8 Å². The predicted molar refractivity (Wildman–Crippen MR) is 95.3 cm³/mol. The summed E-state index contributed by atoms with van der Waals surface area (Å²) in [6.07, 6.45) is 2.23. The molecule has 7 nitrogen and oxygen atoms in total. The second-order valence-electron chi connectivity index (χ2n) is 6.71. The number of nitrogens with zero attached hydrogens (tertiary/aromatic N) is 2. The van der Waals surface area contributed by atoms with E-state index in [-0.39, 0.29) is 23.7 Å². The molecule has 5 atom stereocenters. The maximum Gasteiger partial charge on any atom is 0.183 e. The molecular weight excluding hydrogens is 352 g/mol. The van der Waals surface area contributed by atoms with Crippen molar-refractivity contribution in [3.05, 3.63) is 11.9 Å². The number of halogens is 1. The molecule has 0 aromatic rings. The zero-order valence-electron chi connectivity index (χ0n) is 14.1. The smallest absolute Gasteiger partial charge is 0.183 e. The highest BCUT2D eigenvalue weighted by Gasteiger charge is 2.54. The molecule has 1 saturated heterocycles. The number of fused-ring (bicyclic) bond motifs is 1. The van der Waals surface area contributed by atoms with E-state index in [0.29, 0.717) is 17.3 Å². The van der Waals surface area contributed by atoms with Gasteiger partial charge in [0.2, 0.25) is 0 Å². The molecule has 4 N–H and O–H groups in total. The van der Waals surface area contributed by atoms with E-state index in [4.69, 9.17) is 26.8 Å². The lowest BCUT2D eigenvalue weighted by atomic mass is 10.2. The maximum atomic E-state index is 10.3. The number of hydrazine groups is 1. The van der Waals surface area contributed by atoms with Crippen molar-refractivity contribution < 1.29 is 14.6 Å². The van der Waals surface area contributed by atoms with Gasteiger partial charge in [0.1, 0.15) is 12.2 Å². The van der Waals surface area contributed by atoms with Crippen molar-refractivity contribution in [1.29, 1.82) is 0 Å². The predicted octanol–water partition coefficient (Wildman–Crippen LogP) is 1.32. The Labute approximate surface area is 151 Å². The van der Waals surface area contributed by atoms with Crippen LogP contribution in [0.5, 0.6) is 0 Å². The number of thioether (sulfide) groups is 1. The SMILES string of the molecule is CCCSC1N=C(Cl)C(N)=CN1NC1CC(O)C2OC(C)(C)OC12. The summed E-state index contributed by atoms with van der Waals surface area (Å²) in [7, 11) is 0. The second-order valence-corrected chi connectivity index (χ2v) is 8.23. The maximum absolute atomic E-state index is 10.3. The lowest BCUT2D eigenvalue weighted by Gasteiger charge is -2.35. The molecule has 24 heavy (non-hydrogen) atoms. The molecule has 136 valence electrons. The van der Waals surface area contributed by atoms with Crippen LogP contribution >= 0.6 is 23.4 Å². The quantitative estimate of drug-likeness (QED) is 0.666. The van der Waals surface area contributed by atoms with Crippen molar-refractivity contribution in [2.45, 2.75) is 69.3 Å². The Hall–Kier alpha value is -0.510. The highest BCUT2D eigenvalue weighted by Crippen LogP contribution is 2.39. The van der Waals surface area contributed by atoms with Gasteiger partial charge in [0.25, 0.3) is 0 Å². The van der Waals surface area contributed by atoms with Gasteiger partial charge in [-0.2, -0.15) is 0 Å². The summed E-state index contributed by atoms with van der Waals surface area (Å²) < 4.78 is 11.8. The number of rotatable bonds is 5. The van der Waals surface area contributed by atoms with Gasteiger partial charge in [-0.05, 0) is 32.4 Å². The Bertz CT molecular complexity index is 545. The Morgan fingerprint density at radius 2 is 2.21 bits per heavy atom. The van der Waals surface area contributed by atoms with Crippen molar-refractivity contribution in [1.82, 2.24) is 10.4 Å². The fourth-order valence-electron chi connectivity index (χ4n) is 3.21. The zero-order valence-corrected chi connectivity index (χ0v) is 15.7. The first-order chi connectivity index (χ1) is 11.3. The summed E-state index contributed by atoms with van der Waals surface area (Å²) >= 11 is 7.75. The molecule has 0 aromatic carbocycles. The third-order valence-corrected chi connectivity index (χ3v) is 5.79. The van der Waals surface area contributed by atoms with Crippen LogP contribution in [0, 0.1) is 0 Å². The Balaban J connectivity index is 1.71. The van der Waals surface area contributed by atoms with Crippen LogP contribution in [0.15, 0.2) is 16.9 Å². The summed E-state index contributed by atoms with van der Waals surface area (Å²) in [4.78, 5) is 4.44. The molecule has 9 heteroatoms. The molecule has 1 aliphatic carbocycles. The van der Waals surface area contributed by atoms with Crippen LogP contribution in [0.2, 0.25) is 0 Å². The summed E-state index contributed by atoms with van der Waals surface area (Å²) in [6, 6.07) is -0.0902. The highest BCUT2D eigenvalue weighted by molar-refractivity contribution is 7.99. The van der Waals surface area contributed by atoms with E-state index in [1.54, 1.807) is 18.0 Å². The van der Waals surface area contributed by atoms with E-state index < -0.39 is 11.9 Å². The Kier molecular flexibility index (Phi) is 5.34. The molecule has 3 rings (SSSR count). The number of hydrogen-bond acceptors (Lipinski definition) is 8. The first-order valence-corrected chi connectivity index (χ1v) is 9.64. The van der Waals surface area contributed by atoms with Crippen molar-refractivity contribution in [3.8, 4) is 0 Å². The Morgan fingerprint density at radius 1 is 1.50 bits per heavy atom. The molecule has 0 spiro atoms. The van der Waals surface area contributed by atoms with E-state index in [1.165, 1.54) is 0 Å².